The number of amides is 1. The number of carbonyl (C=O) groups is 1. The van der Waals surface area contributed by atoms with Crippen molar-refractivity contribution < 1.29 is 19.0 Å². The molecule has 4 aromatic carbocycles. The fourth-order valence-corrected chi connectivity index (χ4v) is 3.21. The van der Waals surface area contributed by atoms with Crippen molar-refractivity contribution in [2.75, 3.05) is 18.5 Å². The van der Waals surface area contributed by atoms with Gasteiger partial charge >= 0.3 is 0 Å². The van der Waals surface area contributed by atoms with E-state index in [1.807, 2.05) is 91.0 Å². The molecule has 0 aromatic heterocycles. The van der Waals surface area contributed by atoms with E-state index < -0.39 is 0 Å². The lowest BCUT2D eigenvalue weighted by Gasteiger charge is -2.13. The first-order chi connectivity index (χ1) is 16.3. The molecule has 0 aliphatic carbocycles. The Labute approximate surface area is 193 Å². The van der Waals surface area contributed by atoms with E-state index in [2.05, 4.69) is 5.32 Å². The van der Waals surface area contributed by atoms with Gasteiger partial charge in [0.15, 0.2) is 0 Å². The molecule has 166 valence electrons. The van der Waals surface area contributed by atoms with Crippen LogP contribution in [0.4, 0.5) is 5.69 Å². The Hall–Kier alpha value is -4.25. The van der Waals surface area contributed by atoms with Crippen LogP contribution in [-0.2, 0) is 6.61 Å². The van der Waals surface area contributed by atoms with Gasteiger partial charge in [0.2, 0.25) is 0 Å². The van der Waals surface area contributed by atoms with Crippen LogP contribution in [0.15, 0.2) is 109 Å². The summed E-state index contributed by atoms with van der Waals surface area (Å²) in [6, 6.07) is 33.9. The Morgan fingerprint density at radius 3 is 2.06 bits per heavy atom. The third-order valence-corrected chi connectivity index (χ3v) is 4.82. The minimum Gasteiger partial charge on any atom is -0.490 e. The standard InChI is InChI=1S/C28H25NO4/c30-28(26-16-7-8-17-27(26)33-21-22-10-3-1-4-11-22)29-23-12-9-15-25(20-23)32-19-18-31-24-13-5-2-6-14-24/h1-17,20H,18-19,21H2,(H,29,30). The number of nitrogens with one attached hydrogen (secondary N) is 1. The van der Waals surface area contributed by atoms with Crippen molar-refractivity contribution >= 4 is 11.6 Å². The van der Waals surface area contributed by atoms with Crippen LogP contribution in [0.25, 0.3) is 0 Å². The highest BCUT2D eigenvalue weighted by molar-refractivity contribution is 6.06. The van der Waals surface area contributed by atoms with Crippen LogP contribution in [0, 0.1) is 0 Å². The number of anilines is 1. The van der Waals surface area contributed by atoms with Crippen LogP contribution >= 0.6 is 0 Å². The Bertz CT molecular complexity index is 1160. The summed E-state index contributed by atoms with van der Waals surface area (Å²) in [6.07, 6.45) is 0. The normalized spacial score (nSPS) is 10.3. The van der Waals surface area contributed by atoms with E-state index in [1.54, 1.807) is 18.2 Å². The van der Waals surface area contributed by atoms with Crippen molar-refractivity contribution in [2.45, 2.75) is 6.61 Å². The molecule has 1 amide bonds. The third-order valence-electron chi connectivity index (χ3n) is 4.82. The molecule has 0 bridgehead atoms. The van der Waals surface area contributed by atoms with Crippen molar-refractivity contribution in [3.05, 3.63) is 120 Å². The molecular weight excluding hydrogens is 414 g/mol. The van der Waals surface area contributed by atoms with Crippen molar-refractivity contribution in [3.63, 3.8) is 0 Å². The van der Waals surface area contributed by atoms with Gasteiger partial charge in [0, 0.05) is 11.8 Å². The lowest BCUT2D eigenvalue weighted by atomic mass is 10.1. The summed E-state index contributed by atoms with van der Waals surface area (Å²) in [5.41, 5.74) is 2.14. The molecule has 0 radical (unpaired) electrons. The van der Waals surface area contributed by atoms with E-state index in [1.165, 1.54) is 0 Å². The van der Waals surface area contributed by atoms with Crippen LogP contribution < -0.4 is 19.5 Å². The fourth-order valence-electron chi connectivity index (χ4n) is 3.21. The molecule has 0 fully saturated rings. The zero-order chi connectivity index (χ0) is 22.7. The summed E-state index contributed by atoms with van der Waals surface area (Å²) in [5.74, 6) is 1.74. The second-order valence-electron chi connectivity index (χ2n) is 7.26. The maximum Gasteiger partial charge on any atom is 0.259 e. The molecule has 33 heavy (non-hydrogen) atoms. The average molecular weight is 440 g/mol. The van der Waals surface area contributed by atoms with E-state index in [9.17, 15) is 4.79 Å². The molecule has 0 saturated carbocycles. The number of para-hydroxylation sites is 2. The van der Waals surface area contributed by atoms with Gasteiger partial charge in [-0.3, -0.25) is 4.79 Å². The van der Waals surface area contributed by atoms with Crippen molar-refractivity contribution in [3.8, 4) is 17.2 Å². The lowest BCUT2D eigenvalue weighted by molar-refractivity contribution is 0.102. The molecule has 0 aliphatic heterocycles. The van der Waals surface area contributed by atoms with Crippen LogP contribution in [0.3, 0.4) is 0 Å². The summed E-state index contributed by atoms with van der Waals surface area (Å²) >= 11 is 0. The second-order valence-corrected chi connectivity index (χ2v) is 7.26. The smallest absolute Gasteiger partial charge is 0.259 e. The van der Waals surface area contributed by atoms with Gasteiger partial charge in [-0.2, -0.15) is 0 Å². The number of ether oxygens (including phenoxy) is 3. The highest BCUT2D eigenvalue weighted by atomic mass is 16.5. The largest absolute Gasteiger partial charge is 0.490 e. The van der Waals surface area contributed by atoms with Crippen LogP contribution in [0.2, 0.25) is 0 Å². The molecule has 0 heterocycles. The second kappa shape index (κ2) is 11.4. The van der Waals surface area contributed by atoms with Gasteiger partial charge in [-0.15, -0.1) is 0 Å². The Morgan fingerprint density at radius 1 is 0.636 bits per heavy atom. The summed E-state index contributed by atoms with van der Waals surface area (Å²) < 4.78 is 17.3. The van der Waals surface area contributed by atoms with Gasteiger partial charge < -0.3 is 19.5 Å². The van der Waals surface area contributed by atoms with Gasteiger partial charge in [-0.05, 0) is 42.0 Å². The van der Waals surface area contributed by atoms with E-state index in [-0.39, 0.29) is 5.91 Å². The van der Waals surface area contributed by atoms with Gasteiger partial charge in [-0.25, -0.2) is 0 Å². The Morgan fingerprint density at radius 2 is 1.27 bits per heavy atom. The zero-order valence-electron chi connectivity index (χ0n) is 18.1. The van der Waals surface area contributed by atoms with Crippen molar-refractivity contribution in [1.82, 2.24) is 0 Å². The Balaban J connectivity index is 1.33. The van der Waals surface area contributed by atoms with Gasteiger partial charge in [0.25, 0.3) is 5.91 Å². The highest BCUT2D eigenvalue weighted by Gasteiger charge is 2.13. The molecule has 0 aliphatic rings. The minimum absolute atomic E-state index is 0.247. The maximum absolute atomic E-state index is 12.9. The lowest BCUT2D eigenvalue weighted by Crippen LogP contribution is -2.14. The first-order valence-corrected chi connectivity index (χ1v) is 10.8. The van der Waals surface area contributed by atoms with Gasteiger partial charge in [0.1, 0.15) is 37.1 Å². The molecule has 0 spiro atoms. The summed E-state index contributed by atoms with van der Waals surface area (Å²) in [6.45, 7) is 1.20. The highest BCUT2D eigenvalue weighted by Crippen LogP contribution is 2.23. The predicted molar refractivity (Wildman–Crippen MR) is 129 cm³/mol. The molecule has 4 rings (SSSR count). The Kier molecular flexibility index (Phi) is 7.58. The van der Waals surface area contributed by atoms with Gasteiger partial charge in [0.05, 0.1) is 5.56 Å². The number of hydrogen-bond donors (Lipinski definition) is 1. The molecule has 0 saturated heterocycles. The summed E-state index contributed by atoms with van der Waals surface area (Å²) in [5, 5.41) is 2.92. The molecule has 1 N–H and O–H groups in total. The molecule has 5 heteroatoms. The molecule has 5 nitrogen and oxygen atoms in total. The van der Waals surface area contributed by atoms with Crippen LogP contribution in [-0.4, -0.2) is 19.1 Å². The number of carbonyl (C=O) groups excluding carboxylic acids is 1. The summed E-state index contributed by atoms with van der Waals surface area (Å²) in [7, 11) is 0. The van der Waals surface area contributed by atoms with Crippen LogP contribution in [0.5, 0.6) is 17.2 Å². The predicted octanol–water partition coefficient (Wildman–Crippen LogP) is 5.98. The van der Waals surface area contributed by atoms with E-state index in [4.69, 9.17) is 14.2 Å². The first-order valence-electron chi connectivity index (χ1n) is 10.8. The molecule has 0 unspecified atom stereocenters. The molecular formula is C28H25NO4. The number of benzene rings is 4. The zero-order valence-corrected chi connectivity index (χ0v) is 18.1. The topological polar surface area (TPSA) is 56.8 Å². The van der Waals surface area contributed by atoms with Gasteiger partial charge in [-0.1, -0.05) is 66.7 Å². The van der Waals surface area contributed by atoms with E-state index in [0.717, 1.165) is 11.3 Å². The van der Waals surface area contributed by atoms with Crippen LogP contribution in [0.1, 0.15) is 15.9 Å². The molecule has 0 atom stereocenters. The third kappa shape index (κ3) is 6.61. The minimum atomic E-state index is -0.247. The number of hydrogen-bond acceptors (Lipinski definition) is 4. The fraction of sp³-hybridized carbons (Fsp3) is 0.107. The first kappa shape index (κ1) is 22.0. The summed E-state index contributed by atoms with van der Waals surface area (Å²) in [4.78, 5) is 12.9. The quantitative estimate of drug-likeness (QED) is 0.309. The van der Waals surface area contributed by atoms with E-state index >= 15 is 0 Å². The monoisotopic (exact) mass is 439 g/mol. The maximum atomic E-state index is 12.9. The molecule has 4 aromatic rings. The average Bonchev–Trinajstić information content (AvgIpc) is 2.87. The number of rotatable bonds is 10. The SMILES string of the molecule is O=C(Nc1cccc(OCCOc2ccccc2)c1)c1ccccc1OCc1ccccc1. The van der Waals surface area contributed by atoms with Crippen molar-refractivity contribution in [2.24, 2.45) is 0 Å². The van der Waals surface area contributed by atoms with E-state index in [0.29, 0.717) is 42.6 Å². The van der Waals surface area contributed by atoms with Crippen molar-refractivity contribution in [1.29, 1.82) is 0 Å².